The Morgan fingerprint density at radius 1 is 0.655 bits per heavy atom. The third kappa shape index (κ3) is 6.79. The molecule has 0 aliphatic heterocycles. The van der Waals surface area contributed by atoms with Crippen molar-refractivity contribution in [3.63, 3.8) is 0 Å². The number of aliphatic hydroxyl groups excluding tert-OH is 1. The summed E-state index contributed by atoms with van der Waals surface area (Å²) in [7, 11) is 0. The highest BCUT2D eigenvalue weighted by Crippen LogP contribution is 2.25. The van der Waals surface area contributed by atoms with Crippen LogP contribution in [0.3, 0.4) is 0 Å². The zero-order valence-electron chi connectivity index (χ0n) is 17.3. The Morgan fingerprint density at radius 3 is 2.17 bits per heavy atom. The van der Waals surface area contributed by atoms with Crippen LogP contribution in [-0.4, -0.2) is 31.4 Å². The smallest absolute Gasteiger partial charge is 0.127 e. The van der Waals surface area contributed by atoms with Crippen molar-refractivity contribution in [1.82, 2.24) is 0 Å². The molecular weight excluding hydrogens is 358 g/mol. The molecule has 0 amide bonds. The molecule has 0 radical (unpaired) electrons. The van der Waals surface area contributed by atoms with Crippen molar-refractivity contribution in [2.75, 3.05) is 31.2 Å². The number of anilines is 1. The lowest BCUT2D eigenvalue weighted by atomic mass is 10.1. The molecule has 0 saturated heterocycles. The zero-order valence-corrected chi connectivity index (χ0v) is 17.3. The van der Waals surface area contributed by atoms with E-state index in [9.17, 15) is 5.11 Å². The van der Waals surface area contributed by atoms with Gasteiger partial charge in [0.05, 0.1) is 13.2 Å². The SMILES string of the molecule is OCCN(CCCCCCCCOc1cccc2ccccc12)c1ccccc1. The number of rotatable bonds is 13. The molecule has 0 aromatic heterocycles. The van der Waals surface area contributed by atoms with Crippen molar-refractivity contribution >= 4 is 16.5 Å². The fourth-order valence-corrected chi connectivity index (χ4v) is 3.75. The summed E-state index contributed by atoms with van der Waals surface area (Å²) >= 11 is 0. The highest BCUT2D eigenvalue weighted by Gasteiger charge is 2.05. The Labute approximate surface area is 174 Å². The van der Waals surface area contributed by atoms with E-state index in [-0.39, 0.29) is 6.61 Å². The molecule has 0 fully saturated rings. The maximum atomic E-state index is 9.31. The molecule has 0 unspecified atom stereocenters. The van der Waals surface area contributed by atoms with Gasteiger partial charge in [-0.05, 0) is 36.4 Å². The van der Waals surface area contributed by atoms with Crippen molar-refractivity contribution in [3.8, 4) is 5.75 Å². The molecule has 154 valence electrons. The van der Waals surface area contributed by atoms with E-state index in [4.69, 9.17) is 4.74 Å². The molecule has 0 aliphatic rings. The highest BCUT2D eigenvalue weighted by atomic mass is 16.5. The van der Waals surface area contributed by atoms with Crippen molar-refractivity contribution in [2.24, 2.45) is 0 Å². The normalized spacial score (nSPS) is 10.9. The first-order chi connectivity index (χ1) is 14.4. The standard InChI is InChI=1S/C26H33NO2/c28-21-20-27(24-15-6-5-7-16-24)19-10-3-1-2-4-11-22-29-26-18-12-14-23-13-8-9-17-25(23)26/h5-9,12-18,28H,1-4,10-11,19-22H2. The van der Waals surface area contributed by atoms with Crippen LogP contribution in [0.25, 0.3) is 10.8 Å². The van der Waals surface area contributed by atoms with E-state index in [1.807, 2.05) is 6.07 Å². The fourth-order valence-electron chi connectivity index (χ4n) is 3.75. The van der Waals surface area contributed by atoms with Crippen molar-refractivity contribution in [1.29, 1.82) is 0 Å². The molecule has 3 aromatic carbocycles. The summed E-state index contributed by atoms with van der Waals surface area (Å²) in [6, 6.07) is 25.0. The lowest BCUT2D eigenvalue weighted by molar-refractivity contribution is 0.301. The molecule has 29 heavy (non-hydrogen) atoms. The van der Waals surface area contributed by atoms with Crippen molar-refractivity contribution < 1.29 is 9.84 Å². The minimum Gasteiger partial charge on any atom is -0.493 e. The first-order valence-corrected chi connectivity index (χ1v) is 10.9. The predicted molar refractivity (Wildman–Crippen MR) is 123 cm³/mol. The molecule has 3 heteroatoms. The van der Waals surface area contributed by atoms with E-state index in [2.05, 4.69) is 71.6 Å². The Bertz CT molecular complexity index is 829. The number of benzene rings is 3. The molecule has 0 spiro atoms. The Morgan fingerprint density at radius 2 is 1.34 bits per heavy atom. The van der Waals surface area contributed by atoms with E-state index in [1.54, 1.807) is 0 Å². The minimum atomic E-state index is 0.200. The van der Waals surface area contributed by atoms with Crippen LogP contribution < -0.4 is 9.64 Å². The molecule has 3 aromatic rings. The average molecular weight is 392 g/mol. The summed E-state index contributed by atoms with van der Waals surface area (Å²) in [6.07, 6.45) is 7.23. The first-order valence-electron chi connectivity index (χ1n) is 10.9. The van der Waals surface area contributed by atoms with Gasteiger partial charge in [-0.25, -0.2) is 0 Å². The van der Waals surface area contributed by atoms with Gasteiger partial charge in [-0.3, -0.25) is 0 Å². The third-order valence-corrected chi connectivity index (χ3v) is 5.32. The lowest BCUT2D eigenvalue weighted by Gasteiger charge is -2.23. The van der Waals surface area contributed by atoms with Crippen LogP contribution in [0.15, 0.2) is 72.8 Å². The molecule has 0 atom stereocenters. The van der Waals surface area contributed by atoms with Crippen molar-refractivity contribution in [2.45, 2.75) is 38.5 Å². The van der Waals surface area contributed by atoms with Gasteiger partial charge >= 0.3 is 0 Å². The second kappa shape index (κ2) is 12.1. The first kappa shape index (κ1) is 21.2. The molecule has 0 aliphatic carbocycles. The Balaban J connectivity index is 1.27. The van der Waals surface area contributed by atoms with Crippen molar-refractivity contribution in [3.05, 3.63) is 72.8 Å². The molecule has 0 saturated carbocycles. The van der Waals surface area contributed by atoms with E-state index in [1.165, 1.54) is 48.6 Å². The summed E-state index contributed by atoms with van der Waals surface area (Å²) in [5.74, 6) is 0.994. The zero-order chi connectivity index (χ0) is 20.2. The molecule has 3 rings (SSSR count). The monoisotopic (exact) mass is 391 g/mol. The van der Waals surface area contributed by atoms with Gasteiger partial charge in [-0.15, -0.1) is 0 Å². The van der Waals surface area contributed by atoms with Gasteiger partial charge in [0.1, 0.15) is 5.75 Å². The largest absolute Gasteiger partial charge is 0.493 e. The number of para-hydroxylation sites is 1. The average Bonchev–Trinajstić information content (AvgIpc) is 2.78. The van der Waals surface area contributed by atoms with Crippen LogP contribution in [-0.2, 0) is 0 Å². The number of unbranched alkanes of at least 4 members (excludes halogenated alkanes) is 5. The number of ether oxygens (including phenoxy) is 1. The summed E-state index contributed by atoms with van der Waals surface area (Å²) < 4.78 is 6.02. The second-order valence-electron chi connectivity index (χ2n) is 7.49. The summed E-state index contributed by atoms with van der Waals surface area (Å²) in [5.41, 5.74) is 1.20. The third-order valence-electron chi connectivity index (χ3n) is 5.32. The van der Waals surface area contributed by atoms with Gasteiger partial charge in [-0.2, -0.15) is 0 Å². The number of aliphatic hydroxyl groups is 1. The molecule has 1 N–H and O–H groups in total. The highest BCUT2D eigenvalue weighted by molar-refractivity contribution is 5.88. The maximum absolute atomic E-state index is 9.31. The van der Waals surface area contributed by atoms with Gasteiger partial charge in [0.25, 0.3) is 0 Å². The number of hydrogen-bond donors (Lipinski definition) is 1. The quantitative estimate of drug-likeness (QED) is 0.360. The summed E-state index contributed by atoms with van der Waals surface area (Å²) in [4.78, 5) is 2.28. The van der Waals surface area contributed by atoms with Gasteiger partial charge in [0.15, 0.2) is 0 Å². The van der Waals surface area contributed by atoms with E-state index in [0.29, 0.717) is 6.54 Å². The number of fused-ring (bicyclic) bond motifs is 1. The van der Waals surface area contributed by atoms with E-state index in [0.717, 1.165) is 25.3 Å². The molecular formula is C26H33NO2. The lowest BCUT2D eigenvalue weighted by Crippen LogP contribution is -2.27. The Kier molecular flexibility index (Phi) is 8.87. The fraction of sp³-hybridized carbons (Fsp3) is 0.385. The number of hydrogen-bond acceptors (Lipinski definition) is 3. The van der Waals surface area contributed by atoms with Crippen LogP contribution in [0.4, 0.5) is 5.69 Å². The van der Waals surface area contributed by atoms with Crippen LogP contribution in [0.2, 0.25) is 0 Å². The summed E-state index contributed by atoms with van der Waals surface area (Å²) in [5, 5.41) is 11.7. The van der Waals surface area contributed by atoms with Gasteiger partial charge in [0.2, 0.25) is 0 Å². The Hall–Kier alpha value is -2.52. The number of nitrogens with zero attached hydrogens (tertiary/aromatic N) is 1. The van der Waals surface area contributed by atoms with Crippen LogP contribution in [0.1, 0.15) is 38.5 Å². The predicted octanol–water partition coefficient (Wildman–Crippen LogP) is 6.06. The van der Waals surface area contributed by atoms with E-state index >= 15 is 0 Å². The van der Waals surface area contributed by atoms with Gasteiger partial charge in [0, 0.05) is 24.2 Å². The van der Waals surface area contributed by atoms with Gasteiger partial charge in [-0.1, -0.05) is 80.3 Å². The van der Waals surface area contributed by atoms with Crippen LogP contribution in [0.5, 0.6) is 5.75 Å². The molecule has 3 nitrogen and oxygen atoms in total. The van der Waals surface area contributed by atoms with Crippen LogP contribution in [0, 0.1) is 0 Å². The topological polar surface area (TPSA) is 32.7 Å². The molecule has 0 heterocycles. The molecule has 0 bridgehead atoms. The minimum absolute atomic E-state index is 0.200. The summed E-state index contributed by atoms with van der Waals surface area (Å²) in [6.45, 7) is 2.70. The maximum Gasteiger partial charge on any atom is 0.127 e. The van der Waals surface area contributed by atoms with E-state index < -0.39 is 0 Å². The van der Waals surface area contributed by atoms with Gasteiger partial charge < -0.3 is 14.7 Å². The second-order valence-corrected chi connectivity index (χ2v) is 7.49. The van der Waals surface area contributed by atoms with Crippen LogP contribution >= 0.6 is 0 Å².